The number of hydrogen-bond acceptors (Lipinski definition) is 4. The number of hydrogen-bond donors (Lipinski definition) is 1. The van der Waals surface area contributed by atoms with E-state index in [4.69, 9.17) is 14.3 Å². The summed E-state index contributed by atoms with van der Waals surface area (Å²) in [6, 6.07) is 1.59. The highest BCUT2D eigenvalue weighted by molar-refractivity contribution is 5.87. The van der Waals surface area contributed by atoms with Crippen LogP contribution in [0.4, 0.5) is 0 Å². The van der Waals surface area contributed by atoms with Crippen molar-refractivity contribution in [1.29, 1.82) is 0 Å². The zero-order valence-electron chi connectivity index (χ0n) is 10.6. The summed E-state index contributed by atoms with van der Waals surface area (Å²) in [5.41, 5.74) is 0.211. The molecule has 18 heavy (non-hydrogen) atoms. The summed E-state index contributed by atoms with van der Waals surface area (Å²) in [5.74, 6) is -0.250. The standard InChI is InChI=1S/C13H19NO4/c1-2-17-11-4-3-5-14(7-11)8-12-6-10(9-18-12)13(15)16/h6,9,11H,2-5,7-8H2,1H3,(H,15,16). The molecule has 1 unspecified atom stereocenters. The molecular formula is C13H19NO4. The molecule has 1 aliphatic heterocycles. The summed E-state index contributed by atoms with van der Waals surface area (Å²) in [7, 11) is 0. The Morgan fingerprint density at radius 2 is 2.50 bits per heavy atom. The molecule has 0 radical (unpaired) electrons. The van der Waals surface area contributed by atoms with E-state index in [1.165, 1.54) is 6.26 Å². The minimum absolute atomic E-state index is 0.211. The fourth-order valence-corrected chi connectivity index (χ4v) is 2.32. The van der Waals surface area contributed by atoms with Gasteiger partial charge in [-0.15, -0.1) is 0 Å². The first kappa shape index (κ1) is 13.1. The van der Waals surface area contributed by atoms with Crippen LogP contribution in [-0.2, 0) is 11.3 Å². The number of carboxylic acid groups (broad SMARTS) is 1. The molecule has 0 aromatic carbocycles. The molecule has 0 spiro atoms. The predicted molar refractivity (Wildman–Crippen MR) is 65.6 cm³/mol. The van der Waals surface area contributed by atoms with Gasteiger partial charge in [0.05, 0.1) is 18.2 Å². The van der Waals surface area contributed by atoms with Gasteiger partial charge in [0.15, 0.2) is 0 Å². The Balaban J connectivity index is 1.89. The third-order valence-corrected chi connectivity index (χ3v) is 3.14. The number of nitrogens with zero attached hydrogens (tertiary/aromatic N) is 1. The number of piperidine rings is 1. The van der Waals surface area contributed by atoms with Crippen LogP contribution in [0.1, 0.15) is 35.9 Å². The van der Waals surface area contributed by atoms with Crippen molar-refractivity contribution in [2.75, 3.05) is 19.7 Å². The van der Waals surface area contributed by atoms with E-state index in [1.807, 2.05) is 6.92 Å². The maximum absolute atomic E-state index is 10.8. The number of likely N-dealkylation sites (tertiary alicyclic amines) is 1. The van der Waals surface area contributed by atoms with Crippen molar-refractivity contribution in [2.45, 2.75) is 32.4 Å². The van der Waals surface area contributed by atoms with Crippen LogP contribution in [0.3, 0.4) is 0 Å². The maximum atomic E-state index is 10.8. The Bertz CT molecular complexity index is 399. The summed E-state index contributed by atoms with van der Waals surface area (Å²) >= 11 is 0. The second-order valence-corrected chi connectivity index (χ2v) is 4.56. The molecule has 1 aliphatic rings. The van der Waals surface area contributed by atoms with Crippen molar-refractivity contribution >= 4 is 5.97 Å². The van der Waals surface area contributed by atoms with Crippen LogP contribution in [0.15, 0.2) is 16.7 Å². The number of carboxylic acids is 1. The number of ether oxygens (including phenoxy) is 1. The second-order valence-electron chi connectivity index (χ2n) is 4.56. The predicted octanol–water partition coefficient (Wildman–Crippen LogP) is 1.98. The molecule has 1 atom stereocenters. The lowest BCUT2D eigenvalue weighted by atomic mass is 10.1. The van der Waals surface area contributed by atoms with E-state index in [2.05, 4.69) is 4.90 Å². The Hall–Kier alpha value is -1.33. The Morgan fingerprint density at radius 3 is 3.17 bits per heavy atom. The molecule has 0 saturated carbocycles. The van der Waals surface area contributed by atoms with Gasteiger partial charge in [-0.25, -0.2) is 4.79 Å². The van der Waals surface area contributed by atoms with Gasteiger partial charge in [-0.05, 0) is 32.4 Å². The molecule has 0 amide bonds. The van der Waals surface area contributed by atoms with Gasteiger partial charge in [0.1, 0.15) is 12.0 Å². The van der Waals surface area contributed by atoms with Crippen molar-refractivity contribution in [3.63, 3.8) is 0 Å². The quantitative estimate of drug-likeness (QED) is 0.869. The molecule has 2 heterocycles. The van der Waals surface area contributed by atoms with E-state index in [1.54, 1.807) is 6.07 Å². The molecule has 1 saturated heterocycles. The highest BCUT2D eigenvalue weighted by Crippen LogP contribution is 2.17. The number of aromatic carboxylic acids is 1. The smallest absolute Gasteiger partial charge is 0.338 e. The molecule has 1 aromatic rings. The van der Waals surface area contributed by atoms with Crippen LogP contribution >= 0.6 is 0 Å². The van der Waals surface area contributed by atoms with Gasteiger partial charge in [0.25, 0.3) is 0 Å². The van der Waals surface area contributed by atoms with Crippen LogP contribution in [0.2, 0.25) is 0 Å². The number of furan rings is 1. The lowest BCUT2D eigenvalue weighted by Crippen LogP contribution is -2.39. The first-order valence-electron chi connectivity index (χ1n) is 6.33. The average Bonchev–Trinajstić information content (AvgIpc) is 2.78. The molecule has 2 rings (SSSR count). The van der Waals surface area contributed by atoms with Crippen molar-refractivity contribution in [1.82, 2.24) is 4.90 Å². The largest absolute Gasteiger partial charge is 0.478 e. The topological polar surface area (TPSA) is 62.9 Å². The molecular weight excluding hydrogens is 234 g/mol. The fraction of sp³-hybridized carbons (Fsp3) is 0.615. The number of carbonyl (C=O) groups is 1. The Labute approximate surface area is 106 Å². The monoisotopic (exact) mass is 253 g/mol. The summed E-state index contributed by atoms with van der Waals surface area (Å²) in [5, 5.41) is 8.82. The van der Waals surface area contributed by atoms with E-state index < -0.39 is 5.97 Å². The maximum Gasteiger partial charge on any atom is 0.338 e. The van der Waals surface area contributed by atoms with Crippen molar-refractivity contribution in [3.8, 4) is 0 Å². The minimum Gasteiger partial charge on any atom is -0.478 e. The van der Waals surface area contributed by atoms with E-state index in [-0.39, 0.29) is 11.7 Å². The second kappa shape index (κ2) is 6.02. The highest BCUT2D eigenvalue weighted by atomic mass is 16.5. The SMILES string of the molecule is CCOC1CCCN(Cc2cc(C(=O)O)co2)C1. The van der Waals surface area contributed by atoms with Crippen LogP contribution < -0.4 is 0 Å². The van der Waals surface area contributed by atoms with Crippen molar-refractivity contribution < 1.29 is 19.1 Å². The molecule has 1 aromatic heterocycles. The highest BCUT2D eigenvalue weighted by Gasteiger charge is 2.21. The molecule has 5 nitrogen and oxygen atoms in total. The summed E-state index contributed by atoms with van der Waals surface area (Å²) in [6.45, 7) is 5.29. The summed E-state index contributed by atoms with van der Waals surface area (Å²) in [4.78, 5) is 13.0. The van der Waals surface area contributed by atoms with Gasteiger partial charge < -0.3 is 14.3 Å². The fourth-order valence-electron chi connectivity index (χ4n) is 2.32. The first-order chi connectivity index (χ1) is 8.69. The molecule has 100 valence electrons. The lowest BCUT2D eigenvalue weighted by molar-refractivity contribution is 0.00200. The number of rotatable bonds is 5. The van der Waals surface area contributed by atoms with Crippen molar-refractivity contribution in [2.24, 2.45) is 0 Å². The molecule has 5 heteroatoms. The van der Waals surface area contributed by atoms with Crippen LogP contribution in [0.5, 0.6) is 0 Å². The molecule has 0 aliphatic carbocycles. The van der Waals surface area contributed by atoms with Gasteiger partial charge in [0, 0.05) is 13.2 Å². The van der Waals surface area contributed by atoms with Crippen LogP contribution in [0, 0.1) is 0 Å². The normalized spacial score (nSPS) is 21.1. The summed E-state index contributed by atoms with van der Waals surface area (Å²) < 4.78 is 10.9. The van der Waals surface area contributed by atoms with Gasteiger partial charge >= 0.3 is 5.97 Å². The molecule has 1 fully saturated rings. The molecule has 0 bridgehead atoms. The lowest BCUT2D eigenvalue weighted by Gasteiger charge is -2.31. The average molecular weight is 253 g/mol. The zero-order chi connectivity index (χ0) is 13.0. The van der Waals surface area contributed by atoms with E-state index in [0.29, 0.717) is 12.3 Å². The van der Waals surface area contributed by atoms with E-state index in [9.17, 15) is 4.79 Å². The first-order valence-corrected chi connectivity index (χ1v) is 6.33. The zero-order valence-corrected chi connectivity index (χ0v) is 10.6. The van der Waals surface area contributed by atoms with Gasteiger partial charge in [-0.2, -0.15) is 0 Å². The Morgan fingerprint density at radius 1 is 1.67 bits per heavy atom. The molecule has 1 N–H and O–H groups in total. The minimum atomic E-state index is -0.948. The van der Waals surface area contributed by atoms with E-state index in [0.717, 1.165) is 32.5 Å². The van der Waals surface area contributed by atoms with Gasteiger partial charge in [-0.1, -0.05) is 0 Å². The third-order valence-electron chi connectivity index (χ3n) is 3.14. The van der Waals surface area contributed by atoms with E-state index >= 15 is 0 Å². The van der Waals surface area contributed by atoms with Gasteiger partial charge in [0.2, 0.25) is 0 Å². The van der Waals surface area contributed by atoms with Gasteiger partial charge in [-0.3, -0.25) is 4.90 Å². The summed E-state index contributed by atoms with van der Waals surface area (Å²) in [6.07, 6.45) is 3.79. The van der Waals surface area contributed by atoms with Crippen LogP contribution in [0.25, 0.3) is 0 Å². The van der Waals surface area contributed by atoms with Crippen molar-refractivity contribution in [3.05, 3.63) is 23.7 Å². The third kappa shape index (κ3) is 3.34. The van der Waals surface area contributed by atoms with Crippen LogP contribution in [-0.4, -0.2) is 41.8 Å². The Kier molecular flexibility index (Phi) is 4.38.